The Bertz CT molecular complexity index is 1880. The Morgan fingerprint density at radius 1 is 0.684 bits per heavy atom. The zero-order chi connectivity index (χ0) is 25.6. The molecule has 2 aromatic heterocycles. The Labute approximate surface area is 222 Å². The molecular formula is C35H28N2O. The van der Waals surface area contributed by atoms with Gasteiger partial charge in [0.1, 0.15) is 5.52 Å². The van der Waals surface area contributed by atoms with Crippen LogP contribution in [0.3, 0.4) is 0 Å². The van der Waals surface area contributed by atoms with Crippen molar-refractivity contribution < 1.29 is 4.42 Å². The number of hydrogen-bond donors (Lipinski definition) is 0. The maximum Gasteiger partial charge on any atom is 0.227 e. The molecule has 0 fully saturated rings. The van der Waals surface area contributed by atoms with Crippen LogP contribution in [-0.2, 0) is 0 Å². The van der Waals surface area contributed by atoms with E-state index >= 15 is 0 Å². The number of rotatable bonds is 5. The van der Waals surface area contributed by atoms with Gasteiger partial charge in [-0.1, -0.05) is 68.4 Å². The highest BCUT2D eigenvalue weighted by Crippen LogP contribution is 2.37. The van der Waals surface area contributed by atoms with Crippen molar-refractivity contribution >= 4 is 32.9 Å². The summed E-state index contributed by atoms with van der Waals surface area (Å²) in [7, 11) is 0. The molecule has 0 aliphatic rings. The maximum absolute atomic E-state index is 5.98. The second kappa shape index (κ2) is 9.04. The van der Waals surface area contributed by atoms with Crippen LogP contribution >= 0.6 is 0 Å². The molecule has 0 spiro atoms. The van der Waals surface area contributed by atoms with Gasteiger partial charge in [-0.15, -0.1) is 0 Å². The van der Waals surface area contributed by atoms with Crippen molar-refractivity contribution in [3.8, 4) is 28.3 Å². The fourth-order valence-electron chi connectivity index (χ4n) is 5.42. The summed E-state index contributed by atoms with van der Waals surface area (Å²) in [6, 6.07) is 40.8. The summed E-state index contributed by atoms with van der Waals surface area (Å²) in [4.78, 5) is 4.65. The van der Waals surface area contributed by atoms with Crippen LogP contribution in [0.15, 0.2) is 120 Å². The Morgan fingerprint density at radius 2 is 1.34 bits per heavy atom. The van der Waals surface area contributed by atoms with Gasteiger partial charge in [-0.05, 0) is 89.7 Å². The van der Waals surface area contributed by atoms with Gasteiger partial charge in [-0.2, -0.15) is 0 Å². The van der Waals surface area contributed by atoms with Gasteiger partial charge >= 0.3 is 0 Å². The topological polar surface area (TPSA) is 31.0 Å². The van der Waals surface area contributed by atoms with Crippen molar-refractivity contribution in [3.63, 3.8) is 0 Å². The molecule has 0 amide bonds. The van der Waals surface area contributed by atoms with Crippen LogP contribution in [0.2, 0.25) is 0 Å². The van der Waals surface area contributed by atoms with E-state index in [9.17, 15) is 0 Å². The van der Waals surface area contributed by atoms with Crippen LogP contribution in [-0.4, -0.2) is 9.55 Å². The van der Waals surface area contributed by atoms with E-state index in [4.69, 9.17) is 4.42 Å². The number of hydrogen-bond acceptors (Lipinski definition) is 2. The van der Waals surface area contributed by atoms with E-state index in [0.29, 0.717) is 11.8 Å². The molecule has 0 aliphatic carbocycles. The summed E-state index contributed by atoms with van der Waals surface area (Å²) >= 11 is 0. The van der Waals surface area contributed by atoms with E-state index in [0.717, 1.165) is 23.1 Å². The van der Waals surface area contributed by atoms with Crippen LogP contribution in [0.25, 0.3) is 61.2 Å². The zero-order valence-electron chi connectivity index (χ0n) is 21.6. The fraction of sp³-hybridized carbons (Fsp3) is 0.114. The molecule has 2 heterocycles. The predicted molar refractivity (Wildman–Crippen MR) is 158 cm³/mol. The second-order valence-electron chi connectivity index (χ2n) is 10.1. The Morgan fingerprint density at radius 3 is 2.11 bits per heavy atom. The van der Waals surface area contributed by atoms with E-state index in [1.165, 1.54) is 44.2 Å². The van der Waals surface area contributed by atoms with Crippen LogP contribution in [0, 0.1) is 0 Å². The number of fused-ring (bicyclic) bond motifs is 4. The lowest BCUT2D eigenvalue weighted by Gasteiger charge is -2.10. The molecule has 38 heavy (non-hydrogen) atoms. The molecule has 3 heteroatoms. The number of oxazole rings is 1. The molecule has 7 rings (SSSR count). The molecule has 0 aliphatic heterocycles. The van der Waals surface area contributed by atoms with Crippen LogP contribution in [0.1, 0.15) is 31.7 Å². The van der Waals surface area contributed by atoms with Crippen molar-refractivity contribution in [3.05, 3.63) is 121 Å². The molecule has 0 saturated heterocycles. The van der Waals surface area contributed by atoms with Gasteiger partial charge in [0.25, 0.3) is 0 Å². The highest BCUT2D eigenvalue weighted by Gasteiger charge is 2.15. The first-order chi connectivity index (χ1) is 18.7. The lowest BCUT2D eigenvalue weighted by Crippen LogP contribution is -1.94. The quantitative estimate of drug-likeness (QED) is 0.239. The largest absolute Gasteiger partial charge is 0.436 e. The molecule has 5 aromatic carbocycles. The Balaban J connectivity index is 1.36. The molecule has 7 aromatic rings. The molecule has 0 N–H and O–H groups in total. The SMILES string of the molecule is CCC(C)c1ccc2c(c1)c1cc(-c3ccc(-c4nc5ccccc5o4)cc3)ccc1n2-c1ccccc1. The van der Waals surface area contributed by atoms with Crippen LogP contribution in [0.4, 0.5) is 0 Å². The van der Waals surface area contributed by atoms with Gasteiger partial charge in [-0.25, -0.2) is 4.98 Å². The molecule has 0 radical (unpaired) electrons. The van der Waals surface area contributed by atoms with Crippen molar-refractivity contribution in [2.24, 2.45) is 0 Å². The number of aromatic nitrogens is 2. The summed E-state index contributed by atoms with van der Waals surface area (Å²) in [5.74, 6) is 1.17. The third-order valence-electron chi connectivity index (χ3n) is 7.74. The first-order valence-electron chi connectivity index (χ1n) is 13.3. The van der Waals surface area contributed by atoms with E-state index in [-0.39, 0.29) is 0 Å². The van der Waals surface area contributed by atoms with Crippen molar-refractivity contribution in [2.45, 2.75) is 26.2 Å². The summed E-state index contributed by atoms with van der Waals surface area (Å²) in [5.41, 5.74) is 10.1. The van der Waals surface area contributed by atoms with Crippen molar-refractivity contribution in [1.29, 1.82) is 0 Å². The summed E-state index contributed by atoms with van der Waals surface area (Å²) in [6.07, 6.45) is 1.13. The van der Waals surface area contributed by atoms with Gasteiger partial charge in [0, 0.05) is 22.0 Å². The predicted octanol–water partition coefficient (Wildman–Crippen LogP) is 9.77. The average Bonchev–Trinajstić information content (AvgIpc) is 3.56. The first kappa shape index (κ1) is 22.6. The lowest BCUT2D eigenvalue weighted by molar-refractivity contribution is 0.620. The Hall–Kier alpha value is -4.63. The molecule has 1 atom stereocenters. The normalized spacial score (nSPS) is 12.5. The number of benzene rings is 5. The summed E-state index contributed by atoms with van der Waals surface area (Å²) in [5, 5.41) is 2.57. The third-order valence-corrected chi connectivity index (χ3v) is 7.74. The molecular weight excluding hydrogens is 464 g/mol. The van der Waals surface area contributed by atoms with Gasteiger partial charge in [-0.3, -0.25) is 0 Å². The fourth-order valence-corrected chi connectivity index (χ4v) is 5.42. The molecule has 3 nitrogen and oxygen atoms in total. The molecule has 0 bridgehead atoms. The van der Waals surface area contributed by atoms with E-state index < -0.39 is 0 Å². The standard InChI is InChI=1S/C35H28N2O/c1-3-23(2)26-17-19-32-29(21-26)30-22-27(18-20-33(30)37(32)28-9-5-4-6-10-28)24-13-15-25(16-14-24)35-36-31-11-7-8-12-34(31)38-35/h4-23H,3H2,1-2H3. The monoisotopic (exact) mass is 492 g/mol. The second-order valence-corrected chi connectivity index (χ2v) is 10.1. The van der Waals surface area contributed by atoms with E-state index in [1.54, 1.807) is 0 Å². The van der Waals surface area contributed by atoms with Gasteiger partial charge < -0.3 is 8.98 Å². The molecule has 1 unspecified atom stereocenters. The van der Waals surface area contributed by atoms with Crippen molar-refractivity contribution in [2.75, 3.05) is 0 Å². The maximum atomic E-state index is 5.98. The highest BCUT2D eigenvalue weighted by atomic mass is 16.3. The zero-order valence-corrected chi connectivity index (χ0v) is 21.6. The molecule has 0 saturated carbocycles. The van der Waals surface area contributed by atoms with Gasteiger partial charge in [0.2, 0.25) is 5.89 Å². The Kier molecular flexibility index (Phi) is 5.36. The number of para-hydroxylation sites is 3. The average molecular weight is 493 g/mol. The first-order valence-corrected chi connectivity index (χ1v) is 13.3. The molecule has 184 valence electrons. The van der Waals surface area contributed by atoms with Gasteiger partial charge in [0.15, 0.2) is 5.58 Å². The minimum absolute atomic E-state index is 0.525. The van der Waals surface area contributed by atoms with Gasteiger partial charge in [0.05, 0.1) is 11.0 Å². The lowest BCUT2D eigenvalue weighted by atomic mass is 9.96. The van der Waals surface area contributed by atoms with Crippen LogP contribution < -0.4 is 0 Å². The number of nitrogens with zero attached hydrogens (tertiary/aromatic N) is 2. The minimum atomic E-state index is 0.525. The smallest absolute Gasteiger partial charge is 0.227 e. The van der Waals surface area contributed by atoms with Crippen molar-refractivity contribution in [1.82, 2.24) is 9.55 Å². The van der Waals surface area contributed by atoms with E-state index in [1.807, 2.05) is 24.3 Å². The van der Waals surface area contributed by atoms with E-state index in [2.05, 4.69) is 114 Å². The van der Waals surface area contributed by atoms with Crippen LogP contribution in [0.5, 0.6) is 0 Å². The summed E-state index contributed by atoms with van der Waals surface area (Å²) < 4.78 is 8.36. The summed E-state index contributed by atoms with van der Waals surface area (Å²) in [6.45, 7) is 4.56. The highest BCUT2D eigenvalue weighted by molar-refractivity contribution is 6.10. The minimum Gasteiger partial charge on any atom is -0.436 e. The third kappa shape index (κ3) is 3.71.